The van der Waals surface area contributed by atoms with Crippen molar-refractivity contribution in [2.45, 2.75) is 18.5 Å². The summed E-state index contributed by atoms with van der Waals surface area (Å²) in [4.78, 5) is 27.6. The topological polar surface area (TPSA) is 120 Å². The molecule has 162 valence electrons. The lowest BCUT2D eigenvalue weighted by molar-refractivity contribution is -0.144. The van der Waals surface area contributed by atoms with Crippen molar-refractivity contribution >= 4 is 32.7 Å². The Labute approximate surface area is 174 Å². The molecule has 0 spiro atoms. The summed E-state index contributed by atoms with van der Waals surface area (Å²) in [6.45, 7) is 2.30. The normalized spacial score (nSPS) is 23.6. The minimum atomic E-state index is -2.96. The van der Waals surface area contributed by atoms with Crippen molar-refractivity contribution in [1.29, 1.82) is 0 Å². The lowest BCUT2D eigenvalue weighted by atomic mass is 10.0. The second kappa shape index (κ2) is 7.68. The van der Waals surface area contributed by atoms with Crippen LogP contribution in [0.2, 0.25) is 0 Å². The molecule has 2 fully saturated rings. The van der Waals surface area contributed by atoms with Gasteiger partial charge in [-0.3, -0.25) is 14.6 Å². The van der Waals surface area contributed by atoms with E-state index in [0.29, 0.717) is 43.7 Å². The summed E-state index contributed by atoms with van der Waals surface area (Å²) in [5, 5.41) is 20.0. The first-order valence-electron chi connectivity index (χ1n) is 9.90. The van der Waals surface area contributed by atoms with E-state index in [4.69, 9.17) is 0 Å². The molecule has 10 heteroatoms. The van der Waals surface area contributed by atoms with Crippen LogP contribution in [-0.4, -0.2) is 88.7 Å². The third-order valence-electron chi connectivity index (χ3n) is 6.24. The molecular formula is C20H25N3O6S. The molecule has 0 unspecified atom stereocenters. The van der Waals surface area contributed by atoms with Gasteiger partial charge in [0.05, 0.1) is 17.1 Å². The molecule has 0 radical (unpaired) electrons. The first-order valence-corrected chi connectivity index (χ1v) is 11.7. The fourth-order valence-corrected chi connectivity index (χ4v) is 6.44. The van der Waals surface area contributed by atoms with E-state index in [1.54, 1.807) is 29.9 Å². The second-order valence-electron chi connectivity index (χ2n) is 8.10. The van der Waals surface area contributed by atoms with Crippen molar-refractivity contribution in [3.05, 3.63) is 35.5 Å². The molecule has 0 amide bonds. The van der Waals surface area contributed by atoms with Crippen molar-refractivity contribution in [2.75, 3.05) is 37.7 Å². The zero-order chi connectivity index (χ0) is 21.6. The van der Waals surface area contributed by atoms with Gasteiger partial charge in [-0.15, -0.1) is 0 Å². The van der Waals surface area contributed by atoms with Gasteiger partial charge in [-0.25, -0.2) is 13.2 Å². The SMILES string of the molecule is Cn1cc([C@H](C(=O)O)N2CCN([C@@H]3CCS(=O)(=O)C3)CC2)c2ccc(C(=O)O)cc21. The van der Waals surface area contributed by atoms with Gasteiger partial charge in [0, 0.05) is 61.9 Å². The van der Waals surface area contributed by atoms with Crippen LogP contribution in [0.5, 0.6) is 0 Å². The predicted octanol–water partition coefficient (Wildman–Crippen LogP) is 0.807. The Morgan fingerprint density at radius 2 is 1.83 bits per heavy atom. The number of aliphatic carboxylic acids is 1. The molecular weight excluding hydrogens is 410 g/mol. The summed E-state index contributed by atoms with van der Waals surface area (Å²) in [6, 6.07) is 3.89. The average Bonchev–Trinajstić information content (AvgIpc) is 3.21. The van der Waals surface area contributed by atoms with Crippen molar-refractivity contribution in [2.24, 2.45) is 7.05 Å². The Hall–Kier alpha value is -2.43. The molecule has 1 aromatic carbocycles. The van der Waals surface area contributed by atoms with Gasteiger partial charge in [0.1, 0.15) is 6.04 Å². The maximum absolute atomic E-state index is 12.2. The van der Waals surface area contributed by atoms with Crippen LogP contribution in [0, 0.1) is 0 Å². The summed E-state index contributed by atoms with van der Waals surface area (Å²) < 4.78 is 25.3. The molecule has 2 atom stereocenters. The number of nitrogens with zero attached hydrogens (tertiary/aromatic N) is 3. The van der Waals surface area contributed by atoms with Gasteiger partial charge in [0.15, 0.2) is 9.84 Å². The van der Waals surface area contributed by atoms with Crippen molar-refractivity contribution in [3.63, 3.8) is 0 Å². The first kappa shape index (κ1) is 20.8. The summed E-state index contributed by atoms with van der Waals surface area (Å²) in [5.41, 5.74) is 1.46. The lowest BCUT2D eigenvalue weighted by Crippen LogP contribution is -2.52. The average molecular weight is 436 g/mol. The quantitative estimate of drug-likeness (QED) is 0.708. The minimum Gasteiger partial charge on any atom is -0.480 e. The van der Waals surface area contributed by atoms with Crippen LogP contribution in [0.15, 0.2) is 24.4 Å². The van der Waals surface area contributed by atoms with E-state index in [2.05, 4.69) is 4.90 Å². The van der Waals surface area contributed by atoms with Crippen LogP contribution in [0.25, 0.3) is 10.9 Å². The van der Waals surface area contributed by atoms with Crippen LogP contribution in [0.4, 0.5) is 0 Å². The molecule has 2 aliphatic heterocycles. The molecule has 2 saturated heterocycles. The monoisotopic (exact) mass is 435 g/mol. The van der Waals surface area contributed by atoms with Crippen LogP contribution >= 0.6 is 0 Å². The number of aromatic nitrogens is 1. The number of hydrogen-bond donors (Lipinski definition) is 2. The van der Waals surface area contributed by atoms with Gasteiger partial charge >= 0.3 is 11.9 Å². The third-order valence-corrected chi connectivity index (χ3v) is 7.99. The highest BCUT2D eigenvalue weighted by atomic mass is 32.2. The van der Waals surface area contributed by atoms with Crippen molar-refractivity contribution < 1.29 is 28.2 Å². The van der Waals surface area contributed by atoms with Crippen molar-refractivity contribution in [3.8, 4) is 0 Å². The fraction of sp³-hybridized carbons (Fsp3) is 0.500. The Morgan fingerprint density at radius 1 is 1.13 bits per heavy atom. The number of rotatable bonds is 5. The minimum absolute atomic E-state index is 0.0208. The number of aromatic carboxylic acids is 1. The maximum Gasteiger partial charge on any atom is 0.335 e. The second-order valence-corrected chi connectivity index (χ2v) is 10.3. The highest BCUT2D eigenvalue weighted by Gasteiger charge is 2.37. The number of hydrogen-bond acceptors (Lipinski definition) is 6. The van der Waals surface area contributed by atoms with Gasteiger partial charge in [0.2, 0.25) is 0 Å². The Balaban J connectivity index is 1.57. The summed E-state index contributed by atoms with van der Waals surface area (Å²) in [7, 11) is -1.18. The van der Waals surface area contributed by atoms with E-state index in [9.17, 15) is 28.2 Å². The smallest absolute Gasteiger partial charge is 0.335 e. The molecule has 30 heavy (non-hydrogen) atoms. The van der Waals surface area contributed by atoms with Gasteiger partial charge in [-0.05, 0) is 18.6 Å². The molecule has 0 bridgehead atoms. The number of carboxylic acid groups (broad SMARTS) is 2. The molecule has 3 heterocycles. The van der Waals surface area contributed by atoms with Gasteiger partial charge in [0.25, 0.3) is 0 Å². The van der Waals surface area contributed by atoms with E-state index in [0.717, 1.165) is 5.39 Å². The Bertz CT molecular complexity index is 1100. The van der Waals surface area contributed by atoms with Crippen LogP contribution in [-0.2, 0) is 21.7 Å². The van der Waals surface area contributed by atoms with E-state index in [1.807, 2.05) is 4.90 Å². The van der Waals surface area contributed by atoms with E-state index >= 15 is 0 Å². The maximum atomic E-state index is 12.2. The molecule has 0 aliphatic carbocycles. The molecule has 9 nitrogen and oxygen atoms in total. The molecule has 2 aliphatic rings. The molecule has 2 N–H and O–H groups in total. The number of aryl methyl sites for hydroxylation is 1. The standard InChI is InChI=1S/C20H25N3O6S/c1-21-11-16(15-3-2-13(19(24)25)10-17(15)21)18(20(26)27)23-7-5-22(6-8-23)14-4-9-30(28,29)12-14/h2-3,10-11,14,18H,4-9,12H2,1H3,(H,24,25)(H,26,27)/t14-,18-/m1/s1. The highest BCUT2D eigenvalue weighted by molar-refractivity contribution is 7.91. The third kappa shape index (κ3) is 3.82. The molecule has 0 saturated carbocycles. The first-order chi connectivity index (χ1) is 14.2. The summed E-state index contributed by atoms with van der Waals surface area (Å²) in [5.74, 6) is -1.57. The van der Waals surface area contributed by atoms with E-state index in [1.165, 1.54) is 6.07 Å². The zero-order valence-electron chi connectivity index (χ0n) is 16.7. The number of fused-ring (bicyclic) bond motifs is 1. The van der Waals surface area contributed by atoms with Gasteiger partial charge < -0.3 is 14.8 Å². The van der Waals surface area contributed by atoms with Crippen LogP contribution < -0.4 is 0 Å². The number of benzene rings is 1. The molecule has 4 rings (SSSR count). The summed E-state index contributed by atoms with van der Waals surface area (Å²) in [6.07, 6.45) is 2.39. The van der Waals surface area contributed by atoms with Gasteiger partial charge in [-0.2, -0.15) is 0 Å². The number of piperazine rings is 1. The number of carboxylic acids is 2. The van der Waals surface area contributed by atoms with Gasteiger partial charge in [-0.1, -0.05) is 6.07 Å². The molecule has 2 aromatic rings. The highest BCUT2D eigenvalue weighted by Crippen LogP contribution is 2.32. The Morgan fingerprint density at radius 3 is 2.40 bits per heavy atom. The number of carbonyl (C=O) groups is 2. The van der Waals surface area contributed by atoms with Crippen molar-refractivity contribution in [1.82, 2.24) is 14.4 Å². The van der Waals surface area contributed by atoms with E-state index in [-0.39, 0.29) is 23.1 Å². The largest absolute Gasteiger partial charge is 0.480 e. The fourth-order valence-electron chi connectivity index (χ4n) is 4.68. The number of sulfone groups is 1. The lowest BCUT2D eigenvalue weighted by Gasteiger charge is -2.40. The zero-order valence-corrected chi connectivity index (χ0v) is 17.5. The van der Waals surface area contributed by atoms with Crippen LogP contribution in [0.3, 0.4) is 0 Å². The Kier molecular flexibility index (Phi) is 5.33. The predicted molar refractivity (Wildman–Crippen MR) is 110 cm³/mol. The molecule has 1 aromatic heterocycles. The summed E-state index contributed by atoms with van der Waals surface area (Å²) >= 11 is 0. The van der Waals surface area contributed by atoms with Crippen LogP contribution in [0.1, 0.15) is 28.4 Å². The van der Waals surface area contributed by atoms with E-state index < -0.39 is 27.8 Å².